The fraction of sp³-hybridized carbons (Fsp3) is 0.316. The lowest BCUT2D eigenvalue weighted by molar-refractivity contribution is -0.140. The Morgan fingerprint density at radius 1 is 0.896 bits per heavy atom. The molecular formula is C38H42ClN3O5S. The topological polar surface area (TPSA) is 96.0 Å². The number of methoxy groups -OCH3 is 1. The minimum Gasteiger partial charge on any atom is -0.497 e. The van der Waals surface area contributed by atoms with E-state index in [9.17, 15) is 18.0 Å². The third-order valence-corrected chi connectivity index (χ3v) is 10.8. The van der Waals surface area contributed by atoms with E-state index in [0.717, 1.165) is 46.7 Å². The van der Waals surface area contributed by atoms with Crippen molar-refractivity contribution in [2.45, 2.75) is 69.5 Å². The molecule has 1 aliphatic carbocycles. The van der Waals surface area contributed by atoms with Crippen LogP contribution in [0.4, 0.5) is 5.69 Å². The average Bonchev–Trinajstić information content (AvgIpc) is 3.60. The molecule has 0 spiro atoms. The molecule has 1 aliphatic rings. The monoisotopic (exact) mass is 687 g/mol. The molecule has 0 unspecified atom stereocenters. The van der Waals surface area contributed by atoms with E-state index in [1.165, 1.54) is 17.0 Å². The third kappa shape index (κ3) is 8.57. The van der Waals surface area contributed by atoms with E-state index in [1.54, 1.807) is 44.4 Å². The van der Waals surface area contributed by atoms with Crippen LogP contribution >= 0.6 is 11.6 Å². The first-order chi connectivity index (χ1) is 23.0. The fourth-order valence-electron chi connectivity index (χ4n) is 6.09. The molecule has 8 nitrogen and oxygen atoms in total. The Hall–Kier alpha value is -4.34. The fourth-order valence-corrected chi connectivity index (χ4v) is 7.73. The molecule has 5 rings (SSSR count). The number of anilines is 1. The number of halogens is 1. The van der Waals surface area contributed by atoms with Crippen molar-refractivity contribution < 1.29 is 22.7 Å². The molecule has 0 aliphatic heterocycles. The van der Waals surface area contributed by atoms with Gasteiger partial charge in [0.15, 0.2) is 0 Å². The first kappa shape index (κ1) is 35.0. The van der Waals surface area contributed by atoms with Crippen LogP contribution in [0, 0.1) is 13.8 Å². The minimum absolute atomic E-state index is 0.0251. The van der Waals surface area contributed by atoms with Gasteiger partial charge in [0, 0.05) is 24.0 Å². The number of ether oxygens (including phenoxy) is 1. The largest absolute Gasteiger partial charge is 0.497 e. The first-order valence-electron chi connectivity index (χ1n) is 16.2. The molecule has 2 amide bonds. The molecule has 10 heteroatoms. The highest BCUT2D eigenvalue weighted by atomic mass is 35.5. The van der Waals surface area contributed by atoms with Crippen LogP contribution in [0.3, 0.4) is 0 Å². The smallest absolute Gasteiger partial charge is 0.264 e. The van der Waals surface area contributed by atoms with Crippen molar-refractivity contribution in [3.05, 3.63) is 124 Å². The number of rotatable bonds is 13. The Bertz CT molecular complexity index is 1830. The van der Waals surface area contributed by atoms with Gasteiger partial charge in [-0.3, -0.25) is 13.9 Å². The lowest BCUT2D eigenvalue weighted by atomic mass is 10.0. The summed E-state index contributed by atoms with van der Waals surface area (Å²) in [6, 6.07) is 27.4. The molecule has 1 N–H and O–H groups in total. The molecule has 0 radical (unpaired) electrons. The van der Waals surface area contributed by atoms with Gasteiger partial charge in [0.05, 0.1) is 17.7 Å². The summed E-state index contributed by atoms with van der Waals surface area (Å²) in [4.78, 5) is 30.5. The Kier molecular flexibility index (Phi) is 11.4. The molecule has 0 aromatic heterocycles. The second kappa shape index (κ2) is 15.7. The quantitative estimate of drug-likeness (QED) is 0.166. The van der Waals surface area contributed by atoms with Crippen molar-refractivity contribution in [2.75, 3.05) is 18.0 Å². The molecule has 4 aromatic carbocycles. The van der Waals surface area contributed by atoms with Crippen LogP contribution in [-0.2, 0) is 32.6 Å². The average molecular weight is 688 g/mol. The summed E-state index contributed by atoms with van der Waals surface area (Å²) in [5.74, 6) is -0.197. The van der Waals surface area contributed by atoms with E-state index >= 15 is 0 Å². The van der Waals surface area contributed by atoms with Crippen molar-refractivity contribution in [1.82, 2.24) is 10.2 Å². The Morgan fingerprint density at radius 3 is 2.27 bits per heavy atom. The Balaban J connectivity index is 1.60. The van der Waals surface area contributed by atoms with Gasteiger partial charge in [-0.15, -0.1) is 0 Å². The van der Waals surface area contributed by atoms with Gasteiger partial charge in [0.2, 0.25) is 11.8 Å². The maximum absolute atomic E-state index is 14.8. The van der Waals surface area contributed by atoms with Crippen molar-refractivity contribution in [3.63, 3.8) is 0 Å². The minimum atomic E-state index is -4.24. The number of nitrogens with zero attached hydrogens (tertiary/aromatic N) is 2. The molecule has 1 fully saturated rings. The number of carbonyl (C=O) groups is 2. The van der Waals surface area contributed by atoms with Crippen molar-refractivity contribution in [2.24, 2.45) is 0 Å². The zero-order valence-corrected chi connectivity index (χ0v) is 29.1. The molecule has 4 aromatic rings. The second-order valence-electron chi connectivity index (χ2n) is 12.3. The van der Waals surface area contributed by atoms with Gasteiger partial charge < -0.3 is 15.0 Å². The number of hydrogen-bond donors (Lipinski definition) is 1. The number of carbonyl (C=O) groups excluding carboxylic acids is 2. The van der Waals surface area contributed by atoms with Crippen LogP contribution in [0.1, 0.15) is 47.9 Å². The van der Waals surface area contributed by atoms with E-state index in [4.69, 9.17) is 16.3 Å². The lowest BCUT2D eigenvalue weighted by Gasteiger charge is -2.34. The van der Waals surface area contributed by atoms with Gasteiger partial charge in [-0.1, -0.05) is 90.7 Å². The summed E-state index contributed by atoms with van der Waals surface area (Å²) in [6.45, 7) is 3.15. The zero-order chi connectivity index (χ0) is 34.3. The predicted molar refractivity (Wildman–Crippen MR) is 190 cm³/mol. The van der Waals surface area contributed by atoms with Gasteiger partial charge >= 0.3 is 0 Å². The molecule has 252 valence electrons. The Labute approximate surface area is 288 Å². The second-order valence-corrected chi connectivity index (χ2v) is 14.6. The number of sulfonamides is 1. The molecule has 0 saturated heterocycles. The highest BCUT2D eigenvalue weighted by Gasteiger charge is 2.36. The highest BCUT2D eigenvalue weighted by Crippen LogP contribution is 2.31. The van der Waals surface area contributed by atoms with E-state index in [-0.39, 0.29) is 35.5 Å². The maximum Gasteiger partial charge on any atom is 0.264 e. The van der Waals surface area contributed by atoms with E-state index in [2.05, 4.69) is 5.32 Å². The van der Waals surface area contributed by atoms with Crippen LogP contribution in [0.15, 0.2) is 102 Å². The molecular weight excluding hydrogens is 646 g/mol. The molecule has 48 heavy (non-hydrogen) atoms. The van der Waals surface area contributed by atoms with Crippen molar-refractivity contribution in [3.8, 4) is 5.75 Å². The lowest BCUT2D eigenvalue weighted by Crippen LogP contribution is -2.54. The standard InChI is InChI=1S/C38H42ClN3O5S/c1-27-16-20-34(21-17-27)48(45,46)42(35-24-31(39)19-18-28(35)2)26-37(43)41(25-30-12-9-15-33(22-30)47-3)36(23-29-10-5-4-6-11-29)38(44)40-32-13-7-8-14-32/h4-6,9-12,15-22,24,32,36H,7-8,13-14,23,25-26H2,1-3H3,(H,40,44)/t36-/m1/s1. The number of aryl methyl sites for hydroxylation is 2. The summed E-state index contributed by atoms with van der Waals surface area (Å²) in [7, 11) is -2.67. The van der Waals surface area contributed by atoms with Crippen molar-refractivity contribution >= 4 is 39.1 Å². The van der Waals surface area contributed by atoms with Gasteiger partial charge in [-0.05, 0) is 79.8 Å². The SMILES string of the molecule is COc1cccc(CN(C(=O)CN(c2cc(Cl)ccc2C)S(=O)(=O)c2ccc(C)cc2)[C@H](Cc2ccccc2)C(=O)NC2CCCC2)c1. The van der Waals surface area contributed by atoms with Crippen LogP contribution in [0.2, 0.25) is 5.02 Å². The first-order valence-corrected chi connectivity index (χ1v) is 18.0. The van der Waals surface area contributed by atoms with Crippen LogP contribution in [0.25, 0.3) is 0 Å². The summed E-state index contributed by atoms with van der Waals surface area (Å²) in [5.41, 5.74) is 3.43. The summed E-state index contributed by atoms with van der Waals surface area (Å²) < 4.78 is 35.3. The number of nitrogens with one attached hydrogen (secondary N) is 1. The summed E-state index contributed by atoms with van der Waals surface area (Å²) in [6.07, 6.45) is 4.07. The molecule has 0 heterocycles. The number of amides is 2. The van der Waals surface area contributed by atoms with E-state index in [1.807, 2.05) is 61.5 Å². The molecule has 1 saturated carbocycles. The van der Waals surface area contributed by atoms with Gasteiger partial charge in [0.1, 0.15) is 18.3 Å². The van der Waals surface area contributed by atoms with Gasteiger partial charge in [0.25, 0.3) is 10.0 Å². The number of hydrogen-bond acceptors (Lipinski definition) is 5. The van der Waals surface area contributed by atoms with Gasteiger partial charge in [-0.25, -0.2) is 8.42 Å². The Morgan fingerprint density at radius 2 is 1.58 bits per heavy atom. The third-order valence-electron chi connectivity index (χ3n) is 8.79. The van der Waals surface area contributed by atoms with E-state index in [0.29, 0.717) is 16.3 Å². The molecule has 0 bridgehead atoms. The van der Waals surface area contributed by atoms with Gasteiger partial charge in [-0.2, -0.15) is 0 Å². The zero-order valence-electron chi connectivity index (χ0n) is 27.6. The predicted octanol–water partition coefficient (Wildman–Crippen LogP) is 6.86. The van der Waals surface area contributed by atoms with Crippen LogP contribution < -0.4 is 14.4 Å². The highest BCUT2D eigenvalue weighted by molar-refractivity contribution is 7.92. The summed E-state index contributed by atoms with van der Waals surface area (Å²) in [5, 5.41) is 3.53. The van der Waals surface area contributed by atoms with Crippen molar-refractivity contribution in [1.29, 1.82) is 0 Å². The van der Waals surface area contributed by atoms with E-state index < -0.39 is 28.5 Å². The summed E-state index contributed by atoms with van der Waals surface area (Å²) >= 11 is 6.39. The molecule has 1 atom stereocenters. The normalized spacial score (nSPS) is 13.9. The van der Waals surface area contributed by atoms with Crippen LogP contribution in [0.5, 0.6) is 5.75 Å². The maximum atomic E-state index is 14.8. The number of benzene rings is 4. The van der Waals surface area contributed by atoms with Crippen LogP contribution in [-0.4, -0.2) is 50.9 Å².